The molecule has 0 spiro atoms. The highest BCUT2D eigenvalue weighted by molar-refractivity contribution is 6.21. The van der Waals surface area contributed by atoms with E-state index >= 15 is 0 Å². The highest BCUT2D eigenvalue weighted by atomic mass is 35.5. The average molecular weight is 187 g/mol. The zero-order chi connectivity index (χ0) is 8.55. The molecule has 0 N–H and O–H groups in total. The normalized spacial score (nSPS) is 19.5. The second-order valence-electron chi connectivity index (χ2n) is 3.28. The summed E-state index contributed by atoms with van der Waals surface area (Å²) in [6, 6.07) is 0. The van der Waals surface area contributed by atoms with Crippen molar-refractivity contribution in [3.8, 4) is 0 Å². The van der Waals surface area contributed by atoms with Crippen LogP contribution in [0.25, 0.3) is 0 Å². The summed E-state index contributed by atoms with van der Waals surface area (Å²) in [6.45, 7) is 0. The van der Waals surface area contributed by atoms with Crippen LogP contribution in [0.5, 0.6) is 0 Å². The van der Waals surface area contributed by atoms with Crippen LogP contribution >= 0.6 is 11.6 Å². The third-order valence-corrected chi connectivity index (χ3v) is 2.73. The molecule has 0 amide bonds. The molecule has 5 heteroatoms. The lowest BCUT2D eigenvalue weighted by atomic mass is 10.2. The van der Waals surface area contributed by atoms with E-state index < -0.39 is 0 Å². The Morgan fingerprint density at radius 2 is 2.42 bits per heavy atom. The number of nitrogens with zero attached hydrogens (tertiary/aromatic N) is 4. The first-order chi connectivity index (χ1) is 5.77. The third-order valence-electron chi connectivity index (χ3n) is 2.22. The van der Waals surface area contributed by atoms with Crippen LogP contribution in [0.2, 0.25) is 0 Å². The highest BCUT2D eigenvalue weighted by Gasteiger charge is 2.30. The van der Waals surface area contributed by atoms with Crippen LogP contribution in [0.4, 0.5) is 0 Å². The van der Waals surface area contributed by atoms with E-state index in [-0.39, 0.29) is 5.38 Å². The van der Waals surface area contributed by atoms with E-state index in [1.807, 2.05) is 7.05 Å². The number of rotatable bonds is 3. The average Bonchev–Trinajstić information content (AvgIpc) is 2.80. The van der Waals surface area contributed by atoms with Crippen LogP contribution in [0.3, 0.4) is 0 Å². The van der Waals surface area contributed by atoms with Gasteiger partial charge in [0, 0.05) is 18.8 Å². The summed E-state index contributed by atoms with van der Waals surface area (Å²) < 4.78 is 1.68. The van der Waals surface area contributed by atoms with E-state index in [4.69, 9.17) is 11.6 Å². The summed E-state index contributed by atoms with van der Waals surface area (Å²) in [6.07, 6.45) is 3.31. The molecule has 1 unspecified atom stereocenters. The van der Waals surface area contributed by atoms with Gasteiger partial charge in [-0.25, -0.2) is 4.68 Å². The fraction of sp³-hybridized carbons (Fsp3) is 0.857. The molecular weight excluding hydrogens is 176 g/mol. The topological polar surface area (TPSA) is 43.6 Å². The molecule has 1 atom stereocenters. The summed E-state index contributed by atoms with van der Waals surface area (Å²) >= 11 is 6.13. The van der Waals surface area contributed by atoms with E-state index in [0.29, 0.717) is 5.92 Å². The maximum absolute atomic E-state index is 6.13. The lowest BCUT2D eigenvalue weighted by Gasteiger charge is -2.04. The molecule has 2 rings (SSSR count). The smallest absolute Gasteiger partial charge is 0.152 e. The zero-order valence-electron chi connectivity index (χ0n) is 6.94. The number of hydrogen-bond acceptors (Lipinski definition) is 3. The van der Waals surface area contributed by atoms with Gasteiger partial charge in [-0.15, -0.1) is 16.7 Å². The van der Waals surface area contributed by atoms with Gasteiger partial charge in [-0.2, -0.15) is 0 Å². The minimum Gasteiger partial charge on any atom is -0.233 e. The number of hydrogen-bond donors (Lipinski definition) is 0. The van der Waals surface area contributed by atoms with Crippen LogP contribution < -0.4 is 0 Å². The van der Waals surface area contributed by atoms with Gasteiger partial charge in [-0.1, -0.05) is 0 Å². The van der Waals surface area contributed by atoms with Crippen molar-refractivity contribution >= 4 is 11.6 Å². The monoisotopic (exact) mass is 186 g/mol. The molecule has 1 aliphatic carbocycles. The number of halogens is 1. The Hall–Kier alpha value is -0.640. The molecule has 1 saturated carbocycles. The van der Waals surface area contributed by atoms with E-state index in [1.54, 1.807) is 4.68 Å². The van der Waals surface area contributed by atoms with Gasteiger partial charge >= 0.3 is 0 Å². The molecule has 0 aliphatic heterocycles. The predicted octanol–water partition coefficient (Wildman–Crippen LogP) is 0.770. The summed E-state index contributed by atoms with van der Waals surface area (Å²) in [5.74, 6) is 1.57. The molecule has 1 aromatic rings. The van der Waals surface area contributed by atoms with Crippen molar-refractivity contribution in [1.29, 1.82) is 0 Å². The van der Waals surface area contributed by atoms with Crippen LogP contribution in [0, 0.1) is 5.92 Å². The molecule has 1 fully saturated rings. The van der Waals surface area contributed by atoms with Gasteiger partial charge < -0.3 is 0 Å². The van der Waals surface area contributed by atoms with Crippen molar-refractivity contribution in [1.82, 2.24) is 20.2 Å². The standard InChI is InChI=1S/C7H11ClN4/c1-12-7(9-10-11-12)4-6(8)5-2-3-5/h5-6H,2-4H2,1H3. The minimum atomic E-state index is 0.217. The fourth-order valence-electron chi connectivity index (χ4n) is 1.22. The van der Waals surface area contributed by atoms with Gasteiger partial charge in [0.05, 0.1) is 0 Å². The molecule has 1 aromatic heterocycles. The van der Waals surface area contributed by atoms with Crippen molar-refractivity contribution in [3.05, 3.63) is 5.82 Å². The summed E-state index contributed by atoms with van der Waals surface area (Å²) in [4.78, 5) is 0. The van der Waals surface area contributed by atoms with Crippen molar-refractivity contribution in [2.45, 2.75) is 24.6 Å². The summed E-state index contributed by atoms with van der Waals surface area (Å²) in [5, 5.41) is 11.4. The van der Waals surface area contributed by atoms with Gasteiger partial charge in [-0.05, 0) is 29.2 Å². The molecule has 0 bridgehead atoms. The van der Waals surface area contributed by atoms with E-state index in [1.165, 1.54) is 12.8 Å². The second-order valence-corrected chi connectivity index (χ2v) is 3.84. The molecule has 66 valence electrons. The Bertz CT molecular complexity index is 268. The van der Waals surface area contributed by atoms with E-state index in [9.17, 15) is 0 Å². The Morgan fingerprint density at radius 3 is 2.92 bits per heavy atom. The third kappa shape index (κ3) is 1.58. The largest absolute Gasteiger partial charge is 0.233 e. The second kappa shape index (κ2) is 3.01. The van der Waals surface area contributed by atoms with Crippen LogP contribution in [-0.4, -0.2) is 25.6 Å². The molecule has 4 nitrogen and oxygen atoms in total. The Balaban J connectivity index is 1.97. The minimum absolute atomic E-state index is 0.217. The van der Waals surface area contributed by atoms with Crippen molar-refractivity contribution in [3.63, 3.8) is 0 Å². The van der Waals surface area contributed by atoms with Gasteiger partial charge in [0.2, 0.25) is 0 Å². The maximum atomic E-state index is 6.13. The summed E-state index contributed by atoms with van der Waals surface area (Å²) in [7, 11) is 1.84. The lowest BCUT2D eigenvalue weighted by Crippen LogP contribution is -2.10. The Kier molecular flexibility index (Phi) is 2.00. The Morgan fingerprint density at radius 1 is 1.67 bits per heavy atom. The first kappa shape index (κ1) is 7.98. The number of aryl methyl sites for hydroxylation is 1. The van der Waals surface area contributed by atoms with E-state index in [2.05, 4.69) is 15.5 Å². The quantitative estimate of drug-likeness (QED) is 0.655. The number of aromatic nitrogens is 4. The molecule has 0 aromatic carbocycles. The molecule has 1 aliphatic rings. The fourth-order valence-corrected chi connectivity index (χ4v) is 1.61. The predicted molar refractivity (Wildman–Crippen MR) is 44.9 cm³/mol. The molecule has 0 saturated heterocycles. The molecule has 12 heavy (non-hydrogen) atoms. The maximum Gasteiger partial charge on any atom is 0.152 e. The first-order valence-corrected chi connectivity index (χ1v) is 4.56. The van der Waals surface area contributed by atoms with Crippen molar-refractivity contribution < 1.29 is 0 Å². The number of alkyl halides is 1. The molecule has 0 radical (unpaired) electrons. The Labute approximate surface area is 75.9 Å². The zero-order valence-corrected chi connectivity index (χ0v) is 7.70. The SMILES string of the molecule is Cn1nnnc1CC(Cl)C1CC1. The van der Waals surface area contributed by atoms with Crippen LogP contribution in [-0.2, 0) is 13.5 Å². The summed E-state index contributed by atoms with van der Waals surface area (Å²) in [5.41, 5.74) is 0. The number of tetrazole rings is 1. The van der Waals surface area contributed by atoms with Gasteiger partial charge in [-0.3, -0.25) is 0 Å². The van der Waals surface area contributed by atoms with Crippen molar-refractivity contribution in [2.24, 2.45) is 13.0 Å². The van der Waals surface area contributed by atoms with Crippen LogP contribution in [0.15, 0.2) is 0 Å². The van der Waals surface area contributed by atoms with Gasteiger partial charge in [0.25, 0.3) is 0 Å². The van der Waals surface area contributed by atoms with Gasteiger partial charge in [0.1, 0.15) is 0 Å². The molecule has 1 heterocycles. The van der Waals surface area contributed by atoms with Gasteiger partial charge in [0.15, 0.2) is 5.82 Å². The van der Waals surface area contributed by atoms with E-state index in [0.717, 1.165) is 12.2 Å². The first-order valence-electron chi connectivity index (χ1n) is 4.12. The lowest BCUT2D eigenvalue weighted by molar-refractivity contribution is 0.640. The van der Waals surface area contributed by atoms with Crippen molar-refractivity contribution in [2.75, 3.05) is 0 Å². The molecular formula is C7H11ClN4. The highest BCUT2D eigenvalue weighted by Crippen LogP contribution is 2.36. The van der Waals surface area contributed by atoms with Crippen LogP contribution in [0.1, 0.15) is 18.7 Å².